The molecule has 7 heteroatoms. The van der Waals surface area contributed by atoms with Crippen LogP contribution in [0.1, 0.15) is 21.8 Å². The monoisotopic (exact) mass is 352 g/mol. The third kappa shape index (κ3) is 4.60. The van der Waals surface area contributed by atoms with E-state index in [0.29, 0.717) is 25.3 Å². The molecule has 2 heterocycles. The number of hydrogen-bond acceptors (Lipinski definition) is 6. The molecule has 0 bridgehead atoms. The maximum atomic E-state index is 12.2. The molecule has 134 valence electrons. The number of carbonyl (C=O) groups is 1. The quantitative estimate of drug-likeness (QED) is 0.648. The van der Waals surface area contributed by atoms with Crippen LogP contribution in [0.4, 0.5) is 5.82 Å². The summed E-state index contributed by atoms with van der Waals surface area (Å²) in [6, 6.07) is 14.8. The van der Waals surface area contributed by atoms with Gasteiger partial charge in [-0.25, -0.2) is 0 Å². The molecule has 0 unspecified atom stereocenters. The molecule has 0 radical (unpaired) electrons. The Bertz CT molecular complexity index is 832. The van der Waals surface area contributed by atoms with Gasteiger partial charge in [0.15, 0.2) is 5.69 Å². The minimum Gasteiger partial charge on any atom is -0.496 e. The first-order chi connectivity index (χ1) is 12.8. The van der Waals surface area contributed by atoms with Gasteiger partial charge in [-0.3, -0.25) is 4.79 Å². The van der Waals surface area contributed by atoms with Crippen molar-refractivity contribution in [3.8, 4) is 5.75 Å². The van der Waals surface area contributed by atoms with Crippen LogP contribution in [-0.2, 0) is 13.0 Å². The molecule has 0 aliphatic carbocycles. The van der Waals surface area contributed by atoms with Crippen LogP contribution in [0.3, 0.4) is 0 Å². The minimum absolute atomic E-state index is 0.259. The molecule has 3 aromatic rings. The van der Waals surface area contributed by atoms with Gasteiger partial charge in [-0.2, -0.15) is 0 Å². The average Bonchev–Trinajstić information content (AvgIpc) is 3.20. The van der Waals surface area contributed by atoms with Crippen LogP contribution in [0, 0.1) is 0 Å². The number of aromatic nitrogens is 2. The SMILES string of the molecule is COc1ccccc1CCNC(=O)c1ccc(NCc2ccco2)nn1. The lowest BCUT2D eigenvalue weighted by atomic mass is 10.1. The van der Waals surface area contributed by atoms with Crippen LogP contribution in [-0.4, -0.2) is 29.8 Å². The van der Waals surface area contributed by atoms with E-state index in [-0.39, 0.29) is 11.6 Å². The van der Waals surface area contributed by atoms with Gasteiger partial charge >= 0.3 is 0 Å². The van der Waals surface area contributed by atoms with Crippen LogP contribution in [0.2, 0.25) is 0 Å². The van der Waals surface area contributed by atoms with E-state index in [2.05, 4.69) is 20.8 Å². The molecule has 2 N–H and O–H groups in total. The summed E-state index contributed by atoms with van der Waals surface area (Å²) >= 11 is 0. The average molecular weight is 352 g/mol. The van der Waals surface area contributed by atoms with E-state index in [1.165, 1.54) is 0 Å². The third-order valence-electron chi connectivity index (χ3n) is 3.79. The van der Waals surface area contributed by atoms with Crippen molar-refractivity contribution >= 4 is 11.7 Å². The fourth-order valence-electron chi connectivity index (χ4n) is 2.45. The Hall–Kier alpha value is -3.35. The van der Waals surface area contributed by atoms with Gasteiger partial charge in [-0.15, -0.1) is 10.2 Å². The fraction of sp³-hybridized carbons (Fsp3) is 0.211. The van der Waals surface area contributed by atoms with Gasteiger partial charge in [-0.1, -0.05) is 18.2 Å². The molecule has 3 rings (SSSR count). The van der Waals surface area contributed by atoms with Crippen LogP contribution in [0.25, 0.3) is 0 Å². The predicted octanol–water partition coefficient (Wildman–Crippen LogP) is 2.66. The van der Waals surface area contributed by atoms with Crippen LogP contribution in [0.5, 0.6) is 5.75 Å². The van der Waals surface area contributed by atoms with E-state index in [1.807, 2.05) is 36.4 Å². The summed E-state index contributed by atoms with van der Waals surface area (Å²) in [5, 5.41) is 13.9. The van der Waals surface area contributed by atoms with Crippen molar-refractivity contribution in [2.45, 2.75) is 13.0 Å². The molecule has 0 atom stereocenters. The smallest absolute Gasteiger partial charge is 0.271 e. The molecular formula is C19H20N4O3. The van der Waals surface area contributed by atoms with E-state index in [4.69, 9.17) is 9.15 Å². The summed E-state index contributed by atoms with van der Waals surface area (Å²) in [4.78, 5) is 12.2. The van der Waals surface area contributed by atoms with Gasteiger partial charge in [-0.05, 0) is 42.3 Å². The van der Waals surface area contributed by atoms with E-state index in [9.17, 15) is 4.79 Å². The molecule has 0 fully saturated rings. The zero-order chi connectivity index (χ0) is 18.2. The van der Waals surface area contributed by atoms with Crippen LogP contribution >= 0.6 is 0 Å². The number of anilines is 1. The summed E-state index contributed by atoms with van der Waals surface area (Å²) in [6.45, 7) is 0.992. The molecule has 2 aromatic heterocycles. The van der Waals surface area contributed by atoms with Crippen LogP contribution in [0.15, 0.2) is 59.2 Å². The molecule has 1 amide bonds. The topological polar surface area (TPSA) is 89.3 Å². The molecule has 0 aliphatic rings. The standard InChI is InChI=1S/C19H20N4O3/c1-25-17-7-3-2-5-14(17)10-11-20-19(24)16-8-9-18(23-22-16)21-13-15-6-4-12-26-15/h2-9,12H,10-11,13H2,1H3,(H,20,24)(H,21,23). The van der Waals surface area contributed by atoms with Crippen molar-refractivity contribution in [2.24, 2.45) is 0 Å². The lowest BCUT2D eigenvalue weighted by Crippen LogP contribution is -2.27. The second kappa shape index (κ2) is 8.66. The lowest BCUT2D eigenvalue weighted by molar-refractivity contribution is 0.0948. The first-order valence-electron chi connectivity index (χ1n) is 8.26. The van der Waals surface area contributed by atoms with E-state index in [0.717, 1.165) is 17.1 Å². The number of furan rings is 1. The van der Waals surface area contributed by atoms with Gasteiger partial charge in [0.25, 0.3) is 5.91 Å². The number of amides is 1. The first kappa shape index (κ1) is 17.5. The molecule has 26 heavy (non-hydrogen) atoms. The maximum absolute atomic E-state index is 12.2. The molecule has 1 aromatic carbocycles. The zero-order valence-electron chi connectivity index (χ0n) is 14.4. The first-order valence-corrected chi connectivity index (χ1v) is 8.26. The Morgan fingerprint density at radius 1 is 1.12 bits per heavy atom. The predicted molar refractivity (Wildman–Crippen MR) is 97.1 cm³/mol. The number of rotatable bonds is 8. The van der Waals surface area contributed by atoms with Gasteiger partial charge in [0.2, 0.25) is 0 Å². The lowest BCUT2D eigenvalue weighted by Gasteiger charge is -2.09. The van der Waals surface area contributed by atoms with Gasteiger partial charge in [0.05, 0.1) is 19.9 Å². The highest BCUT2D eigenvalue weighted by Gasteiger charge is 2.09. The highest BCUT2D eigenvalue weighted by Crippen LogP contribution is 2.17. The number of ether oxygens (including phenoxy) is 1. The highest BCUT2D eigenvalue weighted by molar-refractivity contribution is 5.92. The molecular weight excluding hydrogens is 332 g/mol. The molecule has 0 saturated heterocycles. The number of para-hydroxylation sites is 1. The minimum atomic E-state index is -0.259. The second-order valence-corrected chi connectivity index (χ2v) is 5.55. The highest BCUT2D eigenvalue weighted by atomic mass is 16.5. The Morgan fingerprint density at radius 2 is 2.00 bits per heavy atom. The zero-order valence-corrected chi connectivity index (χ0v) is 14.4. The summed E-state index contributed by atoms with van der Waals surface area (Å²) in [6.07, 6.45) is 2.28. The van der Waals surface area contributed by atoms with Crippen molar-refractivity contribution in [1.82, 2.24) is 15.5 Å². The third-order valence-corrected chi connectivity index (χ3v) is 3.79. The van der Waals surface area contributed by atoms with Crippen molar-refractivity contribution in [2.75, 3.05) is 19.0 Å². The summed E-state index contributed by atoms with van der Waals surface area (Å²) in [7, 11) is 1.63. The molecule has 0 spiro atoms. The van der Waals surface area contributed by atoms with Gasteiger partial charge in [0, 0.05) is 6.54 Å². The normalized spacial score (nSPS) is 10.3. The molecule has 0 saturated carbocycles. The number of benzene rings is 1. The van der Waals surface area contributed by atoms with E-state index >= 15 is 0 Å². The Balaban J connectivity index is 1.48. The number of nitrogens with one attached hydrogen (secondary N) is 2. The fourth-order valence-corrected chi connectivity index (χ4v) is 2.45. The number of carbonyl (C=O) groups excluding carboxylic acids is 1. The van der Waals surface area contributed by atoms with Crippen molar-refractivity contribution in [1.29, 1.82) is 0 Å². The Labute approximate surface area is 151 Å². The van der Waals surface area contributed by atoms with Crippen molar-refractivity contribution in [3.63, 3.8) is 0 Å². The summed E-state index contributed by atoms with van der Waals surface area (Å²) in [5.41, 5.74) is 1.31. The molecule has 7 nitrogen and oxygen atoms in total. The summed E-state index contributed by atoms with van der Waals surface area (Å²) < 4.78 is 10.5. The Kier molecular flexibility index (Phi) is 5.82. The largest absolute Gasteiger partial charge is 0.496 e. The number of nitrogens with zero attached hydrogens (tertiary/aromatic N) is 2. The van der Waals surface area contributed by atoms with Gasteiger partial charge in [0.1, 0.15) is 17.3 Å². The van der Waals surface area contributed by atoms with Crippen molar-refractivity contribution < 1.29 is 13.9 Å². The van der Waals surface area contributed by atoms with E-state index in [1.54, 1.807) is 25.5 Å². The summed E-state index contributed by atoms with van der Waals surface area (Å²) in [5.74, 6) is 1.93. The Morgan fingerprint density at radius 3 is 2.73 bits per heavy atom. The number of hydrogen-bond donors (Lipinski definition) is 2. The van der Waals surface area contributed by atoms with Crippen LogP contribution < -0.4 is 15.4 Å². The molecule has 0 aliphatic heterocycles. The van der Waals surface area contributed by atoms with Crippen molar-refractivity contribution in [3.05, 3.63) is 71.8 Å². The number of methoxy groups -OCH3 is 1. The van der Waals surface area contributed by atoms with E-state index < -0.39 is 0 Å². The maximum Gasteiger partial charge on any atom is 0.271 e. The second-order valence-electron chi connectivity index (χ2n) is 5.55. The van der Waals surface area contributed by atoms with Gasteiger partial charge < -0.3 is 19.8 Å².